The molecule has 0 saturated heterocycles. The maximum Gasteiger partial charge on any atom is 0.232 e. The molecule has 6 heteroatoms. The van der Waals surface area contributed by atoms with Crippen molar-refractivity contribution in [2.24, 2.45) is 5.41 Å². The van der Waals surface area contributed by atoms with Crippen molar-refractivity contribution < 1.29 is 9.59 Å². The standard InChI is InChI=1S/C22H20Cl2N2O2/c1-22(2)10-17-20(18(27)11-22)15(14-6-3-7-16(23)21(14)24)9-19(28)26(17)13-5-4-8-25-12-13/h3-8,12,15H,9-11H2,1-2H3. The van der Waals surface area contributed by atoms with E-state index in [1.54, 1.807) is 35.5 Å². The van der Waals surface area contributed by atoms with Crippen LogP contribution in [0, 0.1) is 5.41 Å². The first-order valence-electron chi connectivity index (χ1n) is 9.21. The van der Waals surface area contributed by atoms with Crippen molar-refractivity contribution in [1.29, 1.82) is 0 Å². The quantitative estimate of drug-likeness (QED) is 0.646. The molecule has 0 bridgehead atoms. The average molecular weight is 415 g/mol. The Hall–Kier alpha value is -2.17. The molecule has 28 heavy (non-hydrogen) atoms. The number of anilines is 1. The largest absolute Gasteiger partial charge is 0.294 e. The molecule has 0 fully saturated rings. The van der Waals surface area contributed by atoms with Crippen LogP contribution in [0.1, 0.15) is 44.6 Å². The number of hydrogen-bond donors (Lipinski definition) is 0. The minimum Gasteiger partial charge on any atom is -0.294 e. The zero-order valence-corrected chi connectivity index (χ0v) is 17.2. The molecular weight excluding hydrogens is 395 g/mol. The molecule has 1 aromatic carbocycles. The average Bonchev–Trinajstić information content (AvgIpc) is 2.63. The molecule has 1 aliphatic carbocycles. The molecule has 2 heterocycles. The molecule has 2 aliphatic rings. The Morgan fingerprint density at radius 1 is 1.11 bits per heavy atom. The van der Waals surface area contributed by atoms with Gasteiger partial charge in [-0.3, -0.25) is 19.5 Å². The normalized spacial score (nSPS) is 21.7. The molecule has 0 saturated carbocycles. The van der Waals surface area contributed by atoms with E-state index < -0.39 is 0 Å². The maximum absolute atomic E-state index is 13.2. The number of benzene rings is 1. The number of carbonyl (C=O) groups is 2. The molecule has 1 amide bonds. The van der Waals surface area contributed by atoms with Crippen LogP contribution in [0.3, 0.4) is 0 Å². The summed E-state index contributed by atoms with van der Waals surface area (Å²) in [6.07, 6.45) is 4.55. The number of pyridine rings is 1. The van der Waals surface area contributed by atoms with E-state index in [0.29, 0.717) is 34.1 Å². The fourth-order valence-electron chi connectivity index (χ4n) is 4.26. The Kier molecular flexibility index (Phi) is 4.80. The molecule has 0 N–H and O–H groups in total. The van der Waals surface area contributed by atoms with Crippen LogP contribution in [0.25, 0.3) is 0 Å². The first kappa shape index (κ1) is 19.2. The van der Waals surface area contributed by atoms with Gasteiger partial charge in [0.1, 0.15) is 0 Å². The fourth-order valence-corrected chi connectivity index (χ4v) is 4.70. The van der Waals surface area contributed by atoms with Gasteiger partial charge < -0.3 is 0 Å². The Morgan fingerprint density at radius 3 is 2.61 bits per heavy atom. The lowest BCUT2D eigenvalue weighted by Crippen LogP contribution is -2.43. The first-order chi connectivity index (χ1) is 13.3. The highest BCUT2D eigenvalue weighted by Gasteiger charge is 2.44. The lowest BCUT2D eigenvalue weighted by atomic mass is 9.69. The van der Waals surface area contributed by atoms with Gasteiger partial charge in [0.05, 0.1) is 21.9 Å². The van der Waals surface area contributed by atoms with Gasteiger partial charge in [0.2, 0.25) is 5.91 Å². The van der Waals surface area contributed by atoms with Crippen LogP contribution in [-0.2, 0) is 9.59 Å². The van der Waals surface area contributed by atoms with Crippen molar-refractivity contribution in [2.45, 2.75) is 39.0 Å². The molecule has 4 rings (SSSR count). The third-order valence-corrected chi connectivity index (χ3v) is 6.24. The molecule has 0 spiro atoms. The van der Waals surface area contributed by atoms with Crippen LogP contribution in [0.5, 0.6) is 0 Å². The monoisotopic (exact) mass is 414 g/mol. The molecule has 0 radical (unpaired) electrons. The number of nitrogens with zero attached hydrogens (tertiary/aromatic N) is 2. The predicted octanol–water partition coefficient (Wildman–Crippen LogP) is 5.55. The number of Topliss-reactive ketones (excluding diaryl/α,β-unsaturated/α-hetero) is 1. The zero-order valence-electron chi connectivity index (χ0n) is 15.7. The number of halogens is 2. The SMILES string of the molecule is CC1(C)CC(=O)C2=C(C1)N(c1cccnc1)C(=O)CC2c1cccc(Cl)c1Cl. The lowest BCUT2D eigenvalue weighted by molar-refractivity contribution is -0.121. The minimum atomic E-state index is -0.384. The Morgan fingerprint density at radius 2 is 1.89 bits per heavy atom. The second-order valence-corrected chi connectivity index (χ2v) is 8.93. The van der Waals surface area contributed by atoms with Gasteiger partial charge in [-0.25, -0.2) is 0 Å². The third kappa shape index (κ3) is 3.25. The van der Waals surface area contributed by atoms with E-state index in [4.69, 9.17) is 23.2 Å². The first-order valence-corrected chi connectivity index (χ1v) is 9.97. The summed E-state index contributed by atoms with van der Waals surface area (Å²) in [7, 11) is 0. The second kappa shape index (κ2) is 7.02. The Bertz CT molecular complexity index is 999. The summed E-state index contributed by atoms with van der Waals surface area (Å²) in [5, 5.41) is 0.827. The highest BCUT2D eigenvalue weighted by molar-refractivity contribution is 6.42. The summed E-state index contributed by atoms with van der Waals surface area (Å²) in [6, 6.07) is 9.00. The van der Waals surface area contributed by atoms with Gasteiger partial charge in [0.15, 0.2) is 5.78 Å². The third-order valence-electron chi connectivity index (χ3n) is 5.40. The summed E-state index contributed by atoms with van der Waals surface area (Å²) in [6.45, 7) is 4.10. The van der Waals surface area contributed by atoms with Gasteiger partial charge in [0, 0.05) is 36.2 Å². The van der Waals surface area contributed by atoms with Gasteiger partial charge in [-0.1, -0.05) is 49.2 Å². The van der Waals surface area contributed by atoms with Gasteiger partial charge >= 0.3 is 0 Å². The summed E-state index contributed by atoms with van der Waals surface area (Å²) in [5.74, 6) is -0.391. The highest BCUT2D eigenvalue weighted by Crippen LogP contribution is 2.49. The number of allylic oxidation sites excluding steroid dienone is 2. The van der Waals surface area contributed by atoms with E-state index >= 15 is 0 Å². The fraction of sp³-hybridized carbons (Fsp3) is 0.318. The van der Waals surface area contributed by atoms with E-state index in [0.717, 1.165) is 11.3 Å². The summed E-state index contributed by atoms with van der Waals surface area (Å²) < 4.78 is 0. The summed E-state index contributed by atoms with van der Waals surface area (Å²) in [4.78, 5) is 32.3. The van der Waals surface area contributed by atoms with Crippen molar-refractivity contribution in [2.75, 3.05) is 4.90 Å². The van der Waals surface area contributed by atoms with E-state index in [9.17, 15) is 9.59 Å². The predicted molar refractivity (Wildman–Crippen MR) is 111 cm³/mol. The number of ketones is 1. The molecule has 1 unspecified atom stereocenters. The van der Waals surface area contributed by atoms with Crippen LogP contribution >= 0.6 is 23.2 Å². The van der Waals surface area contributed by atoms with Crippen molar-refractivity contribution in [3.05, 3.63) is 69.6 Å². The maximum atomic E-state index is 13.2. The number of rotatable bonds is 2. The van der Waals surface area contributed by atoms with Crippen LogP contribution in [-0.4, -0.2) is 16.7 Å². The van der Waals surface area contributed by atoms with Crippen LogP contribution in [0.2, 0.25) is 10.0 Å². The van der Waals surface area contributed by atoms with E-state index in [1.807, 2.05) is 12.1 Å². The molecular formula is C22H20Cl2N2O2. The van der Waals surface area contributed by atoms with Gasteiger partial charge in [-0.2, -0.15) is 0 Å². The number of hydrogen-bond acceptors (Lipinski definition) is 3. The number of carbonyl (C=O) groups excluding carboxylic acids is 2. The number of amides is 1. The van der Waals surface area contributed by atoms with Crippen molar-refractivity contribution in [3.8, 4) is 0 Å². The zero-order chi connectivity index (χ0) is 20.1. The van der Waals surface area contributed by atoms with Crippen molar-refractivity contribution >= 4 is 40.6 Å². The van der Waals surface area contributed by atoms with Crippen LogP contribution in [0.4, 0.5) is 5.69 Å². The molecule has 2 aromatic rings. The summed E-state index contributed by atoms with van der Waals surface area (Å²) >= 11 is 12.7. The van der Waals surface area contributed by atoms with Gasteiger partial charge in [0.25, 0.3) is 0 Å². The lowest BCUT2D eigenvalue weighted by Gasteiger charge is -2.43. The van der Waals surface area contributed by atoms with E-state index in [-0.39, 0.29) is 29.4 Å². The van der Waals surface area contributed by atoms with Crippen molar-refractivity contribution in [3.63, 3.8) is 0 Å². The molecule has 1 aliphatic heterocycles. The Balaban J connectivity index is 1.93. The van der Waals surface area contributed by atoms with E-state index in [2.05, 4.69) is 18.8 Å². The second-order valence-electron chi connectivity index (χ2n) is 8.14. The highest BCUT2D eigenvalue weighted by atomic mass is 35.5. The van der Waals surface area contributed by atoms with Crippen LogP contribution in [0.15, 0.2) is 54.0 Å². The van der Waals surface area contributed by atoms with Crippen LogP contribution < -0.4 is 4.90 Å². The topological polar surface area (TPSA) is 50.3 Å². The minimum absolute atomic E-state index is 0.0636. The molecule has 4 nitrogen and oxygen atoms in total. The molecule has 1 atom stereocenters. The number of aromatic nitrogens is 1. The smallest absolute Gasteiger partial charge is 0.232 e. The van der Waals surface area contributed by atoms with Gasteiger partial charge in [-0.15, -0.1) is 0 Å². The molecule has 1 aromatic heterocycles. The summed E-state index contributed by atoms with van der Waals surface area (Å²) in [5.41, 5.74) is 2.62. The van der Waals surface area contributed by atoms with Gasteiger partial charge in [-0.05, 0) is 35.6 Å². The van der Waals surface area contributed by atoms with E-state index in [1.165, 1.54) is 0 Å². The molecule has 144 valence electrons. The van der Waals surface area contributed by atoms with Crippen molar-refractivity contribution in [1.82, 2.24) is 4.98 Å². The Labute approximate surface area is 174 Å².